The Kier molecular flexibility index (Phi) is 7.23. The topological polar surface area (TPSA) is 115 Å². The molecule has 1 amide bonds. The van der Waals surface area contributed by atoms with E-state index in [1.54, 1.807) is 42.4 Å². The largest absolute Gasteiger partial charge is 0.444 e. The Balaban J connectivity index is 1.51. The van der Waals surface area contributed by atoms with E-state index in [2.05, 4.69) is 20.3 Å². The number of carbonyl (C=O) groups is 1. The maximum Gasteiger partial charge on any atom is 0.410 e. The minimum atomic E-state index is -0.547. The molecule has 0 spiro atoms. The summed E-state index contributed by atoms with van der Waals surface area (Å²) in [6, 6.07) is 8.39. The zero-order valence-electron chi connectivity index (χ0n) is 20.9. The molecule has 0 saturated carbocycles. The number of amides is 1. The molecule has 1 saturated heterocycles. The van der Waals surface area contributed by atoms with Crippen molar-refractivity contribution in [1.82, 2.24) is 19.9 Å². The first-order chi connectivity index (χ1) is 17.1. The second kappa shape index (κ2) is 10.3. The number of anilines is 2. The van der Waals surface area contributed by atoms with Crippen molar-refractivity contribution in [2.45, 2.75) is 52.2 Å². The normalized spacial score (nSPS) is 15.9. The number of aromatic nitrogens is 3. The van der Waals surface area contributed by atoms with Gasteiger partial charge in [-0.05, 0) is 70.9 Å². The second-order valence-electron chi connectivity index (χ2n) is 9.73. The van der Waals surface area contributed by atoms with Crippen LogP contribution in [0.2, 0.25) is 0 Å². The Hall–Kier alpha value is -3.95. The van der Waals surface area contributed by atoms with Crippen LogP contribution in [0.15, 0.2) is 42.7 Å². The molecule has 1 aliphatic heterocycles. The van der Waals surface area contributed by atoms with Crippen molar-refractivity contribution in [3.05, 3.63) is 54.1 Å². The highest BCUT2D eigenvalue weighted by Gasteiger charge is 2.28. The minimum Gasteiger partial charge on any atom is -0.444 e. The van der Waals surface area contributed by atoms with Crippen molar-refractivity contribution < 1.29 is 18.7 Å². The molecule has 0 unspecified atom stereocenters. The van der Waals surface area contributed by atoms with Gasteiger partial charge in [-0.3, -0.25) is 0 Å². The average Bonchev–Trinajstić information content (AvgIpc) is 2.84. The summed E-state index contributed by atoms with van der Waals surface area (Å²) in [5.41, 5.74) is 6.67. The van der Waals surface area contributed by atoms with Crippen LogP contribution in [0.5, 0.6) is 11.6 Å². The van der Waals surface area contributed by atoms with Gasteiger partial charge in [-0.25, -0.2) is 24.1 Å². The van der Waals surface area contributed by atoms with E-state index in [0.717, 1.165) is 12.8 Å². The Morgan fingerprint density at radius 2 is 2.00 bits per heavy atom. The van der Waals surface area contributed by atoms with Gasteiger partial charge < -0.3 is 25.4 Å². The van der Waals surface area contributed by atoms with Gasteiger partial charge in [0.1, 0.15) is 11.4 Å². The lowest BCUT2D eigenvalue weighted by Crippen LogP contribution is -2.47. The maximum atomic E-state index is 14.3. The highest BCUT2D eigenvalue weighted by atomic mass is 19.1. The van der Waals surface area contributed by atoms with Crippen molar-refractivity contribution in [1.29, 1.82) is 0 Å². The van der Waals surface area contributed by atoms with Crippen LogP contribution in [-0.2, 0) is 4.74 Å². The van der Waals surface area contributed by atoms with E-state index in [0.29, 0.717) is 41.6 Å². The number of hydrogen-bond donors (Lipinski definition) is 2. The maximum absolute atomic E-state index is 14.3. The van der Waals surface area contributed by atoms with Gasteiger partial charge in [-0.2, -0.15) is 0 Å². The number of rotatable bonds is 5. The summed E-state index contributed by atoms with van der Waals surface area (Å²) in [7, 11) is 0. The van der Waals surface area contributed by atoms with Crippen LogP contribution in [0.1, 0.15) is 39.2 Å². The molecule has 1 aromatic carbocycles. The second-order valence-corrected chi connectivity index (χ2v) is 9.73. The third kappa shape index (κ3) is 5.99. The molecule has 0 aliphatic carbocycles. The third-order valence-corrected chi connectivity index (χ3v) is 5.68. The summed E-state index contributed by atoms with van der Waals surface area (Å²) in [6.45, 7) is 8.30. The van der Waals surface area contributed by atoms with Crippen molar-refractivity contribution >= 4 is 17.7 Å². The third-order valence-electron chi connectivity index (χ3n) is 5.68. The van der Waals surface area contributed by atoms with Crippen LogP contribution in [-0.4, -0.2) is 50.7 Å². The number of benzene rings is 1. The van der Waals surface area contributed by atoms with E-state index >= 15 is 0 Å². The molecule has 3 aromatic rings. The molecule has 3 heterocycles. The molecular weight excluding hydrogens is 463 g/mol. The quantitative estimate of drug-likeness (QED) is 0.467. The first-order valence-electron chi connectivity index (χ1n) is 11.9. The summed E-state index contributed by atoms with van der Waals surface area (Å²) >= 11 is 0. The van der Waals surface area contributed by atoms with E-state index in [9.17, 15) is 9.18 Å². The van der Waals surface area contributed by atoms with E-state index in [-0.39, 0.29) is 23.7 Å². The molecule has 1 fully saturated rings. The van der Waals surface area contributed by atoms with Gasteiger partial charge in [-0.1, -0.05) is 0 Å². The lowest BCUT2D eigenvalue weighted by molar-refractivity contribution is 0.0206. The molecule has 1 atom stereocenters. The summed E-state index contributed by atoms with van der Waals surface area (Å²) < 4.78 is 25.7. The van der Waals surface area contributed by atoms with E-state index in [1.807, 2.05) is 26.8 Å². The molecule has 190 valence electrons. The number of likely N-dealkylation sites (tertiary alicyclic amines) is 1. The van der Waals surface area contributed by atoms with Crippen LogP contribution in [0.4, 0.5) is 20.8 Å². The van der Waals surface area contributed by atoms with Gasteiger partial charge in [-0.15, -0.1) is 0 Å². The number of ether oxygens (including phenoxy) is 2. The zero-order chi connectivity index (χ0) is 25.9. The highest BCUT2D eigenvalue weighted by Crippen LogP contribution is 2.34. The lowest BCUT2D eigenvalue weighted by Gasteiger charge is -2.34. The SMILES string of the molecule is Cc1c(Oc2ncccc2-c2ccnc(N[C@H]3CCCN(C(=O)OC(C)(C)C)C3)n2)ccc(N)c1F. The Labute approximate surface area is 209 Å². The molecule has 1 aliphatic rings. The molecule has 36 heavy (non-hydrogen) atoms. The summed E-state index contributed by atoms with van der Waals surface area (Å²) in [5.74, 6) is 0.501. The van der Waals surface area contributed by atoms with E-state index in [4.69, 9.17) is 15.2 Å². The van der Waals surface area contributed by atoms with Gasteiger partial charge in [0.25, 0.3) is 0 Å². The fourth-order valence-corrected chi connectivity index (χ4v) is 3.92. The van der Waals surface area contributed by atoms with Crippen molar-refractivity contribution in [3.63, 3.8) is 0 Å². The molecule has 0 radical (unpaired) electrons. The number of nitrogens with zero attached hydrogens (tertiary/aromatic N) is 4. The number of carbonyl (C=O) groups excluding carboxylic acids is 1. The van der Waals surface area contributed by atoms with Crippen molar-refractivity contribution in [2.24, 2.45) is 0 Å². The van der Waals surface area contributed by atoms with Crippen LogP contribution in [0.3, 0.4) is 0 Å². The summed E-state index contributed by atoms with van der Waals surface area (Å²) in [6.07, 6.45) is 4.62. The molecule has 3 N–H and O–H groups in total. The monoisotopic (exact) mass is 494 g/mol. The Morgan fingerprint density at radius 3 is 2.78 bits per heavy atom. The van der Waals surface area contributed by atoms with Crippen LogP contribution < -0.4 is 15.8 Å². The smallest absolute Gasteiger partial charge is 0.410 e. The molecule has 0 bridgehead atoms. The van der Waals surface area contributed by atoms with Gasteiger partial charge in [0.15, 0.2) is 5.82 Å². The van der Waals surface area contributed by atoms with Gasteiger partial charge in [0.05, 0.1) is 16.9 Å². The number of nitrogens with one attached hydrogen (secondary N) is 1. The first kappa shape index (κ1) is 25.2. The van der Waals surface area contributed by atoms with E-state index in [1.165, 1.54) is 6.07 Å². The molecular formula is C26H31FN6O3. The van der Waals surface area contributed by atoms with Gasteiger partial charge >= 0.3 is 6.09 Å². The molecule has 4 rings (SSSR count). The standard InChI is InChI=1S/C26H31FN6O3/c1-16-21(10-9-19(28)22(16)27)35-23-18(8-5-12-29-23)20-11-13-30-24(32-20)31-17-7-6-14-33(15-17)25(34)36-26(2,3)4/h5,8-13,17H,6-7,14-15,28H2,1-4H3,(H,30,31,32)/t17-/m0/s1. The van der Waals surface area contributed by atoms with Crippen LogP contribution in [0, 0.1) is 12.7 Å². The Morgan fingerprint density at radius 1 is 1.19 bits per heavy atom. The predicted octanol–water partition coefficient (Wildman–Crippen LogP) is 5.17. The summed E-state index contributed by atoms with van der Waals surface area (Å²) in [5, 5.41) is 3.33. The van der Waals surface area contributed by atoms with E-state index < -0.39 is 11.4 Å². The van der Waals surface area contributed by atoms with Crippen LogP contribution in [0.25, 0.3) is 11.3 Å². The fraction of sp³-hybridized carbons (Fsp3) is 0.385. The highest BCUT2D eigenvalue weighted by molar-refractivity contribution is 5.68. The number of pyridine rings is 1. The van der Waals surface area contributed by atoms with Crippen LogP contribution >= 0.6 is 0 Å². The molecule has 9 nitrogen and oxygen atoms in total. The van der Waals surface area contributed by atoms with Crippen molar-refractivity contribution in [2.75, 3.05) is 24.1 Å². The lowest BCUT2D eigenvalue weighted by atomic mass is 10.1. The number of piperidine rings is 1. The van der Waals surface area contributed by atoms with Gasteiger partial charge in [0, 0.05) is 37.1 Å². The number of halogens is 1. The van der Waals surface area contributed by atoms with Gasteiger partial charge in [0.2, 0.25) is 11.8 Å². The van der Waals surface area contributed by atoms with Crippen molar-refractivity contribution in [3.8, 4) is 22.9 Å². The minimum absolute atomic E-state index is 0.0217. The average molecular weight is 495 g/mol. The molecule has 10 heteroatoms. The Bertz CT molecular complexity index is 1250. The predicted molar refractivity (Wildman–Crippen MR) is 135 cm³/mol. The fourth-order valence-electron chi connectivity index (χ4n) is 3.92. The number of nitrogens with two attached hydrogens (primary N) is 1. The number of nitrogen functional groups attached to an aromatic ring is 1. The molecule has 2 aromatic heterocycles. The number of hydrogen-bond acceptors (Lipinski definition) is 8. The first-order valence-corrected chi connectivity index (χ1v) is 11.9. The summed E-state index contributed by atoms with van der Waals surface area (Å²) in [4.78, 5) is 27.5. The zero-order valence-corrected chi connectivity index (χ0v) is 20.9.